The lowest BCUT2D eigenvalue weighted by Crippen LogP contribution is -2.56. The average Bonchev–Trinajstić information content (AvgIpc) is 3.25. The zero-order valence-electron chi connectivity index (χ0n) is 21.1. The smallest absolute Gasteiger partial charge is 0.388 e. The largest absolute Gasteiger partial charge is 0.414 e. The molecule has 8 nitrogen and oxygen atoms in total. The standard InChI is InChI=1S/C26H29F3N6O2.H2/c1-5-6-11-30-20-8-7-18(14-16(20)2)19-9-13-35-22(19)23(37-24(27)28)32-25(33-35)31-21-10-12-34(17(3)36)15-26(21,4)29;/h5-9,11,13-14,21,24H,10,12,15H2,1-4H3,(H,31,33);1H. The number of nitrogens with one attached hydrogen (secondary N) is 1. The minimum Gasteiger partial charge on any atom is -0.414 e. The fourth-order valence-corrected chi connectivity index (χ4v) is 4.43. The minimum atomic E-state index is -3.12. The van der Waals surface area contributed by atoms with E-state index in [1.165, 1.54) is 23.3 Å². The first-order valence-corrected chi connectivity index (χ1v) is 11.9. The van der Waals surface area contributed by atoms with E-state index in [0.29, 0.717) is 18.5 Å². The van der Waals surface area contributed by atoms with Crippen LogP contribution in [0.25, 0.3) is 16.6 Å². The number of aryl methyl sites for hydroxylation is 1. The van der Waals surface area contributed by atoms with Crippen LogP contribution in [0.1, 0.15) is 34.2 Å². The van der Waals surface area contributed by atoms with Gasteiger partial charge in [0.1, 0.15) is 11.2 Å². The molecule has 11 heteroatoms. The van der Waals surface area contributed by atoms with Crippen molar-refractivity contribution < 1.29 is 24.1 Å². The summed E-state index contributed by atoms with van der Waals surface area (Å²) < 4.78 is 48.2. The summed E-state index contributed by atoms with van der Waals surface area (Å²) in [6.07, 6.45) is 7.30. The molecule has 4 rings (SSSR count). The van der Waals surface area contributed by atoms with Gasteiger partial charge in [-0.3, -0.25) is 9.79 Å². The van der Waals surface area contributed by atoms with Crippen LogP contribution in [0.5, 0.6) is 5.88 Å². The molecule has 1 aromatic carbocycles. The summed E-state index contributed by atoms with van der Waals surface area (Å²) in [6, 6.07) is 6.57. The Morgan fingerprint density at radius 3 is 2.81 bits per heavy atom. The Kier molecular flexibility index (Phi) is 7.51. The summed E-state index contributed by atoms with van der Waals surface area (Å²) >= 11 is 0. The number of fused-ring (bicyclic) bond motifs is 1. The highest BCUT2D eigenvalue weighted by atomic mass is 19.3. The summed E-state index contributed by atoms with van der Waals surface area (Å²) in [7, 11) is 0. The van der Waals surface area contributed by atoms with Gasteiger partial charge in [0.15, 0.2) is 0 Å². The molecule has 1 amide bonds. The Hall–Kier alpha value is -3.89. The summed E-state index contributed by atoms with van der Waals surface area (Å²) in [5.41, 5.74) is 1.50. The number of allylic oxidation sites excluding steroid dienone is 2. The number of benzene rings is 1. The van der Waals surface area contributed by atoms with Crippen molar-refractivity contribution in [3.63, 3.8) is 0 Å². The summed E-state index contributed by atoms with van der Waals surface area (Å²) in [6.45, 7) is 3.73. The molecule has 2 aromatic heterocycles. The molecule has 1 aliphatic heterocycles. The van der Waals surface area contributed by atoms with Gasteiger partial charge in [-0.25, -0.2) is 8.91 Å². The number of carbonyl (C=O) groups excluding carboxylic acids is 1. The minimum absolute atomic E-state index is 0. The summed E-state index contributed by atoms with van der Waals surface area (Å²) in [4.78, 5) is 21.7. The van der Waals surface area contributed by atoms with Crippen molar-refractivity contribution in [3.8, 4) is 17.0 Å². The molecule has 1 N–H and O–H groups in total. The maximum Gasteiger partial charge on any atom is 0.388 e. The molecule has 1 fully saturated rings. The van der Waals surface area contributed by atoms with Gasteiger partial charge in [0.2, 0.25) is 17.7 Å². The van der Waals surface area contributed by atoms with Crippen LogP contribution in [0.4, 0.5) is 24.8 Å². The van der Waals surface area contributed by atoms with Crippen LogP contribution < -0.4 is 10.1 Å². The third kappa shape index (κ3) is 5.76. The van der Waals surface area contributed by atoms with Crippen molar-refractivity contribution in [3.05, 3.63) is 48.2 Å². The van der Waals surface area contributed by atoms with Crippen LogP contribution in [0.2, 0.25) is 0 Å². The number of aliphatic imine (C=N–C) groups is 1. The van der Waals surface area contributed by atoms with Crippen LogP contribution in [0, 0.1) is 6.92 Å². The third-order valence-electron chi connectivity index (χ3n) is 6.34. The molecular formula is C26H31F3N6O2. The fourth-order valence-electron chi connectivity index (χ4n) is 4.43. The van der Waals surface area contributed by atoms with Gasteiger partial charge < -0.3 is 15.0 Å². The number of carbonyl (C=O) groups is 1. The summed E-state index contributed by atoms with van der Waals surface area (Å²) in [5.74, 6) is -0.595. The van der Waals surface area contributed by atoms with E-state index < -0.39 is 18.3 Å². The van der Waals surface area contributed by atoms with Gasteiger partial charge in [-0.05, 0) is 62.6 Å². The number of likely N-dealkylation sites (tertiary alicyclic amines) is 1. The van der Waals surface area contributed by atoms with Crippen molar-refractivity contribution in [1.82, 2.24) is 19.5 Å². The lowest BCUT2D eigenvalue weighted by atomic mass is 9.91. The maximum absolute atomic E-state index is 15.4. The van der Waals surface area contributed by atoms with Crippen LogP contribution >= 0.6 is 0 Å². The highest BCUT2D eigenvalue weighted by Gasteiger charge is 2.41. The number of hydrogen-bond donors (Lipinski definition) is 1. The van der Waals surface area contributed by atoms with E-state index in [2.05, 4.69) is 20.4 Å². The Morgan fingerprint density at radius 1 is 1.38 bits per heavy atom. The molecule has 3 aromatic rings. The lowest BCUT2D eigenvalue weighted by Gasteiger charge is -2.41. The number of anilines is 1. The number of amides is 1. The Balaban J connectivity index is 0.00000400. The second kappa shape index (κ2) is 10.6. The predicted octanol–water partition coefficient (Wildman–Crippen LogP) is 5.59. The van der Waals surface area contributed by atoms with Crippen molar-refractivity contribution >= 4 is 29.3 Å². The highest BCUT2D eigenvalue weighted by Crippen LogP contribution is 2.35. The second-order valence-electron chi connectivity index (χ2n) is 9.15. The second-order valence-corrected chi connectivity index (χ2v) is 9.15. The van der Waals surface area contributed by atoms with E-state index in [0.717, 1.165) is 16.8 Å². The van der Waals surface area contributed by atoms with E-state index >= 15 is 4.39 Å². The quantitative estimate of drug-likeness (QED) is 0.414. The monoisotopic (exact) mass is 516 g/mol. The molecule has 0 aliphatic carbocycles. The van der Waals surface area contributed by atoms with E-state index in [9.17, 15) is 13.6 Å². The molecule has 1 aliphatic rings. The average molecular weight is 517 g/mol. The van der Waals surface area contributed by atoms with Crippen LogP contribution in [-0.4, -0.2) is 63.0 Å². The lowest BCUT2D eigenvalue weighted by molar-refractivity contribution is -0.132. The molecule has 2 atom stereocenters. The number of nitrogens with zero attached hydrogens (tertiary/aromatic N) is 5. The molecule has 0 spiro atoms. The van der Waals surface area contributed by atoms with Gasteiger partial charge in [0, 0.05) is 32.9 Å². The number of alkyl halides is 3. The molecule has 3 heterocycles. The molecule has 0 radical (unpaired) electrons. The highest BCUT2D eigenvalue weighted by molar-refractivity contribution is 5.86. The Bertz CT molecular complexity index is 1360. The molecular weight excluding hydrogens is 485 g/mol. The van der Waals surface area contributed by atoms with Gasteiger partial charge in [0.25, 0.3) is 0 Å². The van der Waals surface area contributed by atoms with E-state index in [1.807, 2.05) is 44.2 Å². The molecule has 2 unspecified atom stereocenters. The van der Waals surface area contributed by atoms with Crippen LogP contribution in [0.3, 0.4) is 0 Å². The maximum atomic E-state index is 15.4. The fraction of sp³-hybridized carbons (Fsp3) is 0.385. The number of halogens is 3. The van der Waals surface area contributed by atoms with E-state index in [1.54, 1.807) is 18.5 Å². The number of piperidine rings is 1. The molecule has 198 valence electrons. The van der Waals surface area contributed by atoms with Gasteiger partial charge in [-0.15, -0.1) is 5.10 Å². The Labute approximate surface area is 214 Å². The zero-order valence-corrected chi connectivity index (χ0v) is 21.1. The van der Waals surface area contributed by atoms with Crippen molar-refractivity contribution in [2.75, 3.05) is 18.4 Å². The topological polar surface area (TPSA) is 84.1 Å². The van der Waals surface area contributed by atoms with Gasteiger partial charge in [0.05, 0.1) is 18.3 Å². The van der Waals surface area contributed by atoms with Gasteiger partial charge >= 0.3 is 6.61 Å². The first-order valence-electron chi connectivity index (χ1n) is 11.9. The Morgan fingerprint density at radius 2 is 2.16 bits per heavy atom. The van der Waals surface area contributed by atoms with Gasteiger partial charge in [-0.2, -0.15) is 13.8 Å². The molecule has 37 heavy (non-hydrogen) atoms. The van der Waals surface area contributed by atoms with E-state index in [4.69, 9.17) is 4.74 Å². The molecule has 1 saturated heterocycles. The number of hydrogen-bond acceptors (Lipinski definition) is 6. The predicted molar refractivity (Wildman–Crippen MR) is 139 cm³/mol. The molecule has 0 bridgehead atoms. The number of ether oxygens (including phenoxy) is 1. The first kappa shape index (κ1) is 26.2. The van der Waals surface area contributed by atoms with Crippen LogP contribution in [-0.2, 0) is 4.79 Å². The van der Waals surface area contributed by atoms with Gasteiger partial charge in [-0.1, -0.05) is 12.1 Å². The first-order chi connectivity index (χ1) is 17.6. The van der Waals surface area contributed by atoms with E-state index in [-0.39, 0.29) is 31.2 Å². The number of aromatic nitrogens is 3. The van der Waals surface area contributed by atoms with Crippen LogP contribution in [0.15, 0.2) is 47.6 Å². The SMILES string of the molecule is CC=CC=Nc1ccc(-c2ccn3nc(NC4CCN(C(C)=O)CC4(C)F)nc(OC(F)F)c23)cc1C.[HH]. The third-order valence-corrected chi connectivity index (χ3v) is 6.34. The van der Waals surface area contributed by atoms with Crippen molar-refractivity contribution in [2.24, 2.45) is 4.99 Å². The molecule has 0 saturated carbocycles. The number of rotatable bonds is 7. The zero-order chi connectivity index (χ0) is 26.7. The normalized spacial score (nSPS) is 20.4. The summed E-state index contributed by atoms with van der Waals surface area (Å²) in [5, 5.41) is 7.31. The van der Waals surface area contributed by atoms with Crippen molar-refractivity contribution in [1.29, 1.82) is 0 Å². The van der Waals surface area contributed by atoms with Crippen molar-refractivity contribution in [2.45, 2.75) is 52.4 Å².